The third-order valence-electron chi connectivity index (χ3n) is 4.17. The molecule has 8 nitrogen and oxygen atoms in total. The van der Waals surface area contributed by atoms with Crippen LogP contribution in [0, 0.1) is 5.82 Å². The maximum atomic E-state index is 13.7. The van der Waals surface area contributed by atoms with E-state index in [0.717, 1.165) is 10.6 Å². The molecule has 0 spiro atoms. The molecular formula is C16H17ClFN3O5. The van der Waals surface area contributed by atoms with Crippen LogP contribution in [0.5, 0.6) is 0 Å². The Labute approximate surface area is 151 Å². The second-order valence-corrected chi connectivity index (χ2v) is 6.30. The van der Waals surface area contributed by atoms with Gasteiger partial charge in [0.1, 0.15) is 24.1 Å². The Morgan fingerprint density at radius 3 is 2.73 bits per heavy atom. The summed E-state index contributed by atoms with van der Waals surface area (Å²) in [5.74, 6) is -0.462. The summed E-state index contributed by atoms with van der Waals surface area (Å²) in [6.07, 6.45) is -3.47. The van der Waals surface area contributed by atoms with Crippen LogP contribution >= 0.6 is 11.6 Å². The van der Waals surface area contributed by atoms with Crippen molar-refractivity contribution in [3.63, 3.8) is 0 Å². The van der Waals surface area contributed by atoms with Gasteiger partial charge in [0.25, 0.3) is 5.56 Å². The lowest BCUT2D eigenvalue weighted by atomic mass is 10.1. The highest BCUT2D eigenvalue weighted by atomic mass is 35.5. The smallest absolute Gasteiger partial charge is 0.330 e. The molecule has 4 N–H and O–H groups in total. The van der Waals surface area contributed by atoms with Gasteiger partial charge in [-0.1, -0.05) is 17.7 Å². The van der Waals surface area contributed by atoms with Crippen LogP contribution in [-0.4, -0.2) is 44.6 Å². The Morgan fingerprint density at radius 2 is 2.04 bits per heavy atom. The molecule has 10 heteroatoms. The van der Waals surface area contributed by atoms with Gasteiger partial charge in [0.15, 0.2) is 6.23 Å². The summed E-state index contributed by atoms with van der Waals surface area (Å²) in [6.45, 7) is 0.176. The van der Waals surface area contributed by atoms with Crippen molar-refractivity contribution < 1.29 is 19.3 Å². The Balaban J connectivity index is 1.66. The molecule has 1 aliphatic heterocycles. The van der Waals surface area contributed by atoms with Crippen LogP contribution in [0.2, 0.25) is 5.02 Å². The molecule has 1 aliphatic rings. The molecule has 0 saturated carbocycles. The largest absolute Gasteiger partial charge is 0.387 e. The summed E-state index contributed by atoms with van der Waals surface area (Å²) in [4.78, 5) is 25.0. The number of H-pyrrole nitrogens is 1. The number of ether oxygens (including phenoxy) is 1. The third kappa shape index (κ3) is 3.71. The van der Waals surface area contributed by atoms with Crippen molar-refractivity contribution in [3.8, 4) is 0 Å². The van der Waals surface area contributed by atoms with Crippen LogP contribution < -0.4 is 16.6 Å². The zero-order valence-electron chi connectivity index (χ0n) is 13.4. The average molecular weight is 386 g/mol. The van der Waals surface area contributed by atoms with Crippen molar-refractivity contribution in [1.82, 2.24) is 14.9 Å². The predicted molar refractivity (Wildman–Crippen MR) is 90.4 cm³/mol. The molecule has 0 aliphatic carbocycles. The standard InChI is InChI=1S/C16H17ClFN3O5/c17-9-2-1-3-10(18)8(9)6-19-7-11-13(23)14(24)15(26-11)21-5-4-12(22)20-16(21)25/h1-5,11,13-15,19,23-24H,6-7H2,(H,20,22,25)/t11-,13-,14-,15-/m1/s1. The van der Waals surface area contributed by atoms with Crippen LogP contribution in [0.1, 0.15) is 11.8 Å². The van der Waals surface area contributed by atoms with Gasteiger partial charge in [-0.15, -0.1) is 0 Å². The molecule has 0 amide bonds. The summed E-state index contributed by atoms with van der Waals surface area (Å²) in [5, 5.41) is 23.5. The lowest BCUT2D eigenvalue weighted by Crippen LogP contribution is -2.38. The lowest BCUT2D eigenvalue weighted by molar-refractivity contribution is -0.0392. The Hall–Kier alpha value is -2.04. The van der Waals surface area contributed by atoms with Crippen molar-refractivity contribution in [3.05, 3.63) is 67.7 Å². The van der Waals surface area contributed by atoms with Gasteiger partial charge in [-0.3, -0.25) is 14.3 Å². The van der Waals surface area contributed by atoms with E-state index < -0.39 is 41.6 Å². The zero-order valence-corrected chi connectivity index (χ0v) is 14.2. The van der Waals surface area contributed by atoms with E-state index in [9.17, 15) is 24.2 Å². The molecule has 0 radical (unpaired) electrons. The predicted octanol–water partition coefficient (Wildman–Crippen LogP) is -0.262. The first-order chi connectivity index (χ1) is 12.4. The summed E-state index contributed by atoms with van der Waals surface area (Å²) in [6, 6.07) is 5.45. The first-order valence-electron chi connectivity index (χ1n) is 7.85. The van der Waals surface area contributed by atoms with Gasteiger partial charge in [0, 0.05) is 35.9 Å². The van der Waals surface area contributed by atoms with Gasteiger partial charge in [-0.25, -0.2) is 9.18 Å². The quantitative estimate of drug-likeness (QED) is 0.563. The van der Waals surface area contributed by atoms with E-state index in [-0.39, 0.29) is 23.7 Å². The van der Waals surface area contributed by atoms with E-state index in [2.05, 4.69) is 10.3 Å². The van der Waals surface area contributed by atoms with Crippen LogP contribution in [0.4, 0.5) is 4.39 Å². The second-order valence-electron chi connectivity index (χ2n) is 5.89. The number of nitrogens with zero attached hydrogens (tertiary/aromatic N) is 1. The van der Waals surface area contributed by atoms with E-state index in [0.29, 0.717) is 0 Å². The van der Waals surface area contributed by atoms with Crippen molar-refractivity contribution in [2.45, 2.75) is 31.1 Å². The van der Waals surface area contributed by atoms with Crippen LogP contribution in [0.15, 0.2) is 40.1 Å². The Morgan fingerprint density at radius 1 is 1.27 bits per heavy atom. The molecule has 3 rings (SSSR count). The number of hydrogen-bond donors (Lipinski definition) is 4. The fourth-order valence-corrected chi connectivity index (χ4v) is 3.03. The summed E-state index contributed by atoms with van der Waals surface area (Å²) in [7, 11) is 0. The number of aromatic amines is 1. The van der Waals surface area contributed by atoms with Crippen molar-refractivity contribution in [2.75, 3.05) is 6.54 Å². The third-order valence-corrected chi connectivity index (χ3v) is 4.53. The Kier molecular flexibility index (Phi) is 5.54. The molecule has 0 unspecified atom stereocenters. The van der Waals surface area contributed by atoms with Crippen molar-refractivity contribution in [2.24, 2.45) is 0 Å². The van der Waals surface area contributed by atoms with E-state index in [4.69, 9.17) is 16.3 Å². The molecule has 140 valence electrons. The molecule has 1 aromatic carbocycles. The highest BCUT2D eigenvalue weighted by molar-refractivity contribution is 6.31. The van der Waals surface area contributed by atoms with E-state index in [1.165, 1.54) is 18.3 Å². The molecule has 2 heterocycles. The minimum Gasteiger partial charge on any atom is -0.387 e. The molecule has 1 saturated heterocycles. The maximum absolute atomic E-state index is 13.7. The van der Waals surface area contributed by atoms with Crippen LogP contribution in [0.3, 0.4) is 0 Å². The van der Waals surface area contributed by atoms with Gasteiger partial charge in [-0.05, 0) is 12.1 Å². The first kappa shape index (κ1) is 18.7. The monoisotopic (exact) mass is 385 g/mol. The number of halogens is 2. The van der Waals surface area contributed by atoms with Gasteiger partial charge >= 0.3 is 5.69 Å². The van der Waals surface area contributed by atoms with E-state index >= 15 is 0 Å². The van der Waals surface area contributed by atoms with Crippen LogP contribution in [0.25, 0.3) is 0 Å². The minimum atomic E-state index is -1.37. The first-order valence-corrected chi connectivity index (χ1v) is 8.23. The molecule has 0 bridgehead atoms. The Bertz CT molecular complexity index is 882. The highest BCUT2D eigenvalue weighted by Crippen LogP contribution is 2.28. The summed E-state index contributed by atoms with van der Waals surface area (Å²) in [5.41, 5.74) is -1.07. The summed E-state index contributed by atoms with van der Waals surface area (Å²) < 4.78 is 20.3. The number of rotatable bonds is 5. The highest BCUT2D eigenvalue weighted by Gasteiger charge is 2.43. The average Bonchev–Trinajstić information content (AvgIpc) is 2.86. The van der Waals surface area contributed by atoms with E-state index in [1.807, 2.05) is 0 Å². The summed E-state index contributed by atoms with van der Waals surface area (Å²) >= 11 is 5.94. The lowest BCUT2D eigenvalue weighted by Gasteiger charge is -2.17. The molecular weight excluding hydrogens is 369 g/mol. The number of benzene rings is 1. The second kappa shape index (κ2) is 7.68. The zero-order chi connectivity index (χ0) is 18.8. The van der Waals surface area contributed by atoms with Crippen molar-refractivity contribution in [1.29, 1.82) is 0 Å². The molecule has 1 fully saturated rings. The molecule has 1 aromatic heterocycles. The minimum absolute atomic E-state index is 0.0808. The SMILES string of the molecule is O=c1ccn([C@@H]2O[C@H](CNCc3c(F)cccc3Cl)[C@@H](O)[C@H]2O)c(=O)[nH]1. The van der Waals surface area contributed by atoms with Gasteiger partial charge in [-0.2, -0.15) is 0 Å². The number of nitrogens with one attached hydrogen (secondary N) is 2. The number of aliphatic hydroxyl groups excluding tert-OH is 2. The fourth-order valence-electron chi connectivity index (χ4n) is 2.80. The number of aliphatic hydroxyl groups is 2. The van der Waals surface area contributed by atoms with Gasteiger partial charge < -0.3 is 20.3 Å². The normalized spacial score (nSPS) is 25.5. The number of aromatic nitrogens is 2. The van der Waals surface area contributed by atoms with Crippen molar-refractivity contribution >= 4 is 11.6 Å². The van der Waals surface area contributed by atoms with Crippen LogP contribution in [-0.2, 0) is 11.3 Å². The van der Waals surface area contributed by atoms with E-state index in [1.54, 1.807) is 6.07 Å². The molecule has 2 aromatic rings. The fraction of sp³-hybridized carbons (Fsp3) is 0.375. The number of hydrogen-bond acceptors (Lipinski definition) is 6. The molecule has 26 heavy (non-hydrogen) atoms. The maximum Gasteiger partial charge on any atom is 0.330 e. The van der Waals surface area contributed by atoms with Gasteiger partial charge in [0.05, 0.1) is 0 Å². The molecule has 4 atom stereocenters. The van der Waals surface area contributed by atoms with Gasteiger partial charge in [0.2, 0.25) is 0 Å². The topological polar surface area (TPSA) is 117 Å².